The second-order valence-electron chi connectivity index (χ2n) is 4.66. The second-order valence-corrected chi connectivity index (χ2v) is 7.20. The van der Waals surface area contributed by atoms with Gasteiger partial charge in [0.15, 0.2) is 0 Å². The zero-order chi connectivity index (χ0) is 13.2. The van der Waals surface area contributed by atoms with Crippen LogP contribution in [-0.2, 0) is 10.0 Å². The zero-order valence-corrected chi connectivity index (χ0v) is 12.4. The molecule has 0 atom stereocenters. The van der Waals surface area contributed by atoms with Gasteiger partial charge in [-0.1, -0.05) is 12.1 Å². The molecule has 2 rings (SSSR count). The van der Waals surface area contributed by atoms with Crippen molar-refractivity contribution >= 4 is 26.0 Å². The van der Waals surface area contributed by atoms with Gasteiger partial charge in [-0.05, 0) is 53.7 Å². The van der Waals surface area contributed by atoms with Crippen molar-refractivity contribution in [2.75, 3.05) is 0 Å². The Hall–Kier alpha value is -0.430. The summed E-state index contributed by atoms with van der Waals surface area (Å²) in [5.41, 5.74) is 5.81. The van der Waals surface area contributed by atoms with Crippen molar-refractivity contribution in [3.63, 3.8) is 0 Å². The Kier molecular flexibility index (Phi) is 4.42. The Morgan fingerprint density at radius 2 is 1.78 bits per heavy atom. The van der Waals surface area contributed by atoms with Crippen molar-refractivity contribution in [1.82, 2.24) is 4.72 Å². The second kappa shape index (κ2) is 5.69. The fraction of sp³-hybridized carbons (Fsp3) is 0.500. The van der Waals surface area contributed by atoms with Crippen LogP contribution in [0.3, 0.4) is 0 Å². The summed E-state index contributed by atoms with van der Waals surface area (Å²) in [6.07, 6.45) is 3.38. The number of halogens is 1. The molecule has 1 aromatic rings. The van der Waals surface area contributed by atoms with Gasteiger partial charge in [-0.15, -0.1) is 0 Å². The van der Waals surface area contributed by atoms with Gasteiger partial charge in [0.25, 0.3) is 0 Å². The highest BCUT2D eigenvalue weighted by atomic mass is 79.9. The van der Waals surface area contributed by atoms with E-state index in [9.17, 15) is 8.42 Å². The van der Waals surface area contributed by atoms with Crippen LogP contribution in [-0.4, -0.2) is 20.5 Å². The fourth-order valence-corrected chi connectivity index (χ4v) is 4.49. The summed E-state index contributed by atoms with van der Waals surface area (Å²) in [5, 5.41) is 0. The molecule has 0 amide bonds. The molecule has 0 radical (unpaired) electrons. The minimum absolute atomic E-state index is 0.00176. The van der Waals surface area contributed by atoms with Crippen molar-refractivity contribution < 1.29 is 8.42 Å². The quantitative estimate of drug-likeness (QED) is 0.889. The van der Waals surface area contributed by atoms with Crippen molar-refractivity contribution in [3.05, 3.63) is 28.7 Å². The molecule has 100 valence electrons. The number of sulfonamides is 1. The van der Waals surface area contributed by atoms with Gasteiger partial charge in [0, 0.05) is 16.6 Å². The maximum absolute atomic E-state index is 12.2. The third kappa shape index (κ3) is 3.32. The molecule has 0 aliphatic heterocycles. The summed E-state index contributed by atoms with van der Waals surface area (Å²) >= 11 is 3.27. The van der Waals surface area contributed by atoms with E-state index >= 15 is 0 Å². The summed E-state index contributed by atoms with van der Waals surface area (Å²) in [6.45, 7) is 0. The molecule has 0 heterocycles. The molecule has 1 aliphatic rings. The highest BCUT2D eigenvalue weighted by Gasteiger charge is 2.25. The monoisotopic (exact) mass is 332 g/mol. The van der Waals surface area contributed by atoms with Crippen molar-refractivity contribution in [2.45, 2.75) is 42.7 Å². The van der Waals surface area contributed by atoms with Crippen LogP contribution >= 0.6 is 15.9 Å². The van der Waals surface area contributed by atoms with Gasteiger partial charge < -0.3 is 5.73 Å². The van der Waals surface area contributed by atoms with Crippen LogP contribution in [0.2, 0.25) is 0 Å². The van der Waals surface area contributed by atoms with Gasteiger partial charge in [0.05, 0.1) is 4.90 Å². The number of nitrogens with one attached hydrogen (secondary N) is 1. The third-order valence-electron chi connectivity index (χ3n) is 3.22. The Morgan fingerprint density at radius 1 is 1.17 bits per heavy atom. The highest BCUT2D eigenvalue weighted by Crippen LogP contribution is 2.23. The molecule has 0 bridgehead atoms. The van der Waals surface area contributed by atoms with Crippen LogP contribution in [0.25, 0.3) is 0 Å². The number of nitrogens with two attached hydrogens (primary N) is 1. The Morgan fingerprint density at radius 3 is 2.39 bits per heavy atom. The summed E-state index contributed by atoms with van der Waals surface area (Å²) in [5.74, 6) is 0. The molecule has 3 N–H and O–H groups in total. The lowest BCUT2D eigenvalue weighted by atomic mass is 9.93. The van der Waals surface area contributed by atoms with E-state index in [1.165, 1.54) is 0 Å². The van der Waals surface area contributed by atoms with E-state index in [4.69, 9.17) is 5.73 Å². The Bertz CT molecular complexity index is 511. The minimum Gasteiger partial charge on any atom is -0.328 e. The van der Waals surface area contributed by atoms with Gasteiger partial charge in [-0.3, -0.25) is 0 Å². The van der Waals surface area contributed by atoms with Gasteiger partial charge in [0.1, 0.15) is 0 Å². The van der Waals surface area contributed by atoms with Crippen molar-refractivity contribution in [2.24, 2.45) is 5.73 Å². The molecule has 1 saturated carbocycles. The number of hydrogen-bond acceptors (Lipinski definition) is 3. The number of benzene rings is 1. The van der Waals surface area contributed by atoms with E-state index in [0.717, 1.165) is 25.7 Å². The number of rotatable bonds is 3. The summed E-state index contributed by atoms with van der Waals surface area (Å²) in [4.78, 5) is 0.292. The molecule has 0 aromatic heterocycles. The predicted octanol–water partition coefficient (Wildman–Crippen LogP) is 2.00. The first-order valence-electron chi connectivity index (χ1n) is 6.01. The lowest BCUT2D eigenvalue weighted by Gasteiger charge is -2.26. The summed E-state index contributed by atoms with van der Waals surface area (Å²) < 4.78 is 27.8. The van der Waals surface area contributed by atoms with E-state index < -0.39 is 10.0 Å². The SMILES string of the molecule is N[C@H]1CC[C@@H](NS(=O)(=O)c2ccccc2Br)CC1. The first-order chi connectivity index (χ1) is 8.49. The van der Waals surface area contributed by atoms with Crippen LogP contribution in [0.5, 0.6) is 0 Å². The van der Waals surface area contributed by atoms with Gasteiger partial charge in [-0.25, -0.2) is 13.1 Å². The van der Waals surface area contributed by atoms with Gasteiger partial charge >= 0.3 is 0 Å². The standard InChI is InChI=1S/C12H17BrN2O2S/c13-11-3-1-2-4-12(11)18(16,17)15-10-7-5-9(14)6-8-10/h1-4,9-10,15H,5-8,14H2/t9-,10+. The molecule has 1 fully saturated rings. The van der Waals surface area contributed by atoms with Crippen LogP contribution in [0.1, 0.15) is 25.7 Å². The summed E-state index contributed by atoms with van der Waals surface area (Å²) in [6, 6.07) is 7.06. The van der Waals surface area contributed by atoms with E-state index in [-0.39, 0.29) is 12.1 Å². The van der Waals surface area contributed by atoms with Gasteiger partial charge in [0.2, 0.25) is 10.0 Å². The molecule has 0 unspecified atom stereocenters. The largest absolute Gasteiger partial charge is 0.328 e. The maximum Gasteiger partial charge on any atom is 0.241 e. The Labute approximate surface area is 116 Å². The average Bonchev–Trinajstić information content (AvgIpc) is 2.32. The molecule has 18 heavy (non-hydrogen) atoms. The molecule has 6 heteroatoms. The molecule has 1 aromatic carbocycles. The van der Waals surface area contributed by atoms with Crippen LogP contribution < -0.4 is 10.5 Å². The zero-order valence-electron chi connectivity index (χ0n) is 9.97. The van der Waals surface area contributed by atoms with E-state index in [1.54, 1.807) is 24.3 Å². The molecule has 0 spiro atoms. The van der Waals surface area contributed by atoms with E-state index in [1.807, 2.05) is 0 Å². The molecule has 0 saturated heterocycles. The Balaban J connectivity index is 2.11. The van der Waals surface area contributed by atoms with Crippen LogP contribution in [0.15, 0.2) is 33.6 Å². The lowest BCUT2D eigenvalue weighted by Crippen LogP contribution is -2.40. The lowest BCUT2D eigenvalue weighted by molar-refractivity contribution is 0.373. The van der Waals surface area contributed by atoms with E-state index in [2.05, 4.69) is 20.7 Å². The maximum atomic E-state index is 12.2. The summed E-state index contributed by atoms with van der Waals surface area (Å²) in [7, 11) is -3.45. The minimum atomic E-state index is -3.45. The third-order valence-corrected chi connectivity index (χ3v) is 5.75. The average molecular weight is 333 g/mol. The van der Waals surface area contributed by atoms with Crippen LogP contribution in [0.4, 0.5) is 0 Å². The first kappa shape index (κ1) is 14.0. The van der Waals surface area contributed by atoms with Gasteiger partial charge in [-0.2, -0.15) is 0 Å². The number of hydrogen-bond donors (Lipinski definition) is 2. The predicted molar refractivity (Wildman–Crippen MR) is 74.7 cm³/mol. The van der Waals surface area contributed by atoms with Crippen molar-refractivity contribution in [1.29, 1.82) is 0 Å². The molecular formula is C12H17BrN2O2S. The van der Waals surface area contributed by atoms with Crippen molar-refractivity contribution in [3.8, 4) is 0 Å². The van der Waals surface area contributed by atoms with Crippen LogP contribution in [0, 0.1) is 0 Å². The molecule has 1 aliphatic carbocycles. The normalized spacial score (nSPS) is 25.0. The molecular weight excluding hydrogens is 316 g/mol. The highest BCUT2D eigenvalue weighted by molar-refractivity contribution is 9.10. The molecule has 4 nitrogen and oxygen atoms in total. The topological polar surface area (TPSA) is 72.2 Å². The first-order valence-corrected chi connectivity index (χ1v) is 8.29. The van der Waals surface area contributed by atoms with E-state index in [0.29, 0.717) is 9.37 Å². The fourth-order valence-electron chi connectivity index (χ4n) is 2.18. The smallest absolute Gasteiger partial charge is 0.241 e.